The number of rotatable bonds is 2. The Balaban J connectivity index is 2.53. The van der Waals surface area contributed by atoms with E-state index in [2.05, 4.69) is 31.9 Å². The van der Waals surface area contributed by atoms with Crippen LogP contribution in [-0.4, -0.2) is 5.78 Å². The second-order valence-electron chi connectivity index (χ2n) is 3.42. The number of nitrogens with two attached hydrogens (primary N) is 1. The molecule has 7 heteroatoms. The molecular weight excluding hydrogens is 392 g/mol. The number of anilines is 1. The molecule has 1 heterocycles. The number of hydrogen-bond acceptors (Lipinski definition) is 3. The van der Waals surface area contributed by atoms with Gasteiger partial charge >= 0.3 is 0 Å². The number of halogens is 4. The number of carbonyl (C=O) groups is 1. The van der Waals surface area contributed by atoms with Crippen LogP contribution in [0.3, 0.4) is 0 Å². The summed E-state index contributed by atoms with van der Waals surface area (Å²) < 4.78 is 27.9. The Kier molecular flexibility index (Phi) is 3.84. The third kappa shape index (κ3) is 2.48. The number of benzene rings is 1. The molecule has 0 radical (unpaired) electrons. The van der Waals surface area contributed by atoms with Crippen molar-refractivity contribution in [1.82, 2.24) is 0 Å². The first kappa shape index (κ1) is 13.6. The van der Waals surface area contributed by atoms with Gasteiger partial charge in [0.25, 0.3) is 0 Å². The van der Waals surface area contributed by atoms with Crippen LogP contribution >= 0.6 is 43.2 Å². The SMILES string of the molecule is Nc1cc(C(=O)c2cc(Br)sc2Br)c(F)cc1F. The third-order valence-electron chi connectivity index (χ3n) is 2.23. The van der Waals surface area contributed by atoms with Gasteiger partial charge in [0.15, 0.2) is 5.78 Å². The van der Waals surface area contributed by atoms with Gasteiger partial charge in [-0.3, -0.25) is 4.79 Å². The van der Waals surface area contributed by atoms with Gasteiger partial charge < -0.3 is 5.73 Å². The summed E-state index contributed by atoms with van der Waals surface area (Å²) in [7, 11) is 0. The van der Waals surface area contributed by atoms with Crippen molar-refractivity contribution in [1.29, 1.82) is 0 Å². The number of thiophene rings is 1. The lowest BCUT2D eigenvalue weighted by atomic mass is 10.0. The summed E-state index contributed by atoms with van der Waals surface area (Å²) in [5, 5.41) is 0. The summed E-state index contributed by atoms with van der Waals surface area (Å²) in [6.07, 6.45) is 0. The Morgan fingerprint density at radius 1 is 1.11 bits per heavy atom. The number of hydrogen-bond donors (Lipinski definition) is 1. The quantitative estimate of drug-likeness (QED) is 0.605. The predicted molar refractivity (Wildman–Crippen MR) is 73.9 cm³/mol. The molecule has 2 aromatic rings. The van der Waals surface area contributed by atoms with Crippen LogP contribution in [0.4, 0.5) is 14.5 Å². The lowest BCUT2D eigenvalue weighted by molar-refractivity contribution is 0.103. The van der Waals surface area contributed by atoms with Crippen molar-refractivity contribution >= 4 is 54.7 Å². The Morgan fingerprint density at radius 3 is 2.33 bits per heavy atom. The topological polar surface area (TPSA) is 43.1 Å². The van der Waals surface area contributed by atoms with Gasteiger partial charge in [0.1, 0.15) is 11.6 Å². The summed E-state index contributed by atoms with van der Waals surface area (Å²) >= 11 is 7.73. The van der Waals surface area contributed by atoms with E-state index in [-0.39, 0.29) is 11.3 Å². The van der Waals surface area contributed by atoms with Crippen LogP contribution in [0.25, 0.3) is 0 Å². The first-order valence-corrected chi connectivity index (χ1v) is 7.04. The molecular formula is C11H5Br2F2NOS. The van der Waals surface area contributed by atoms with Gasteiger partial charge in [0, 0.05) is 11.6 Å². The van der Waals surface area contributed by atoms with Crippen molar-refractivity contribution in [3.05, 3.63) is 48.5 Å². The van der Waals surface area contributed by atoms with Gasteiger partial charge in [-0.05, 0) is 44.0 Å². The van der Waals surface area contributed by atoms with E-state index >= 15 is 0 Å². The van der Waals surface area contributed by atoms with Crippen LogP contribution < -0.4 is 5.73 Å². The molecule has 0 saturated carbocycles. The zero-order chi connectivity index (χ0) is 13.4. The highest BCUT2D eigenvalue weighted by atomic mass is 79.9. The molecule has 0 atom stereocenters. The van der Waals surface area contributed by atoms with Gasteiger partial charge in [-0.15, -0.1) is 11.3 Å². The van der Waals surface area contributed by atoms with Crippen LogP contribution in [0.1, 0.15) is 15.9 Å². The van der Waals surface area contributed by atoms with E-state index in [4.69, 9.17) is 5.73 Å². The molecule has 0 saturated heterocycles. The van der Waals surface area contributed by atoms with Crippen molar-refractivity contribution in [3.8, 4) is 0 Å². The van der Waals surface area contributed by atoms with Crippen LogP contribution in [0, 0.1) is 11.6 Å². The van der Waals surface area contributed by atoms with E-state index < -0.39 is 17.4 Å². The first-order chi connectivity index (χ1) is 8.40. The van der Waals surface area contributed by atoms with Gasteiger partial charge in [0.2, 0.25) is 0 Å². The average molecular weight is 397 g/mol. The number of nitrogen functional groups attached to an aromatic ring is 1. The summed E-state index contributed by atoms with van der Waals surface area (Å²) in [4.78, 5) is 12.1. The molecule has 2 rings (SSSR count). The summed E-state index contributed by atoms with van der Waals surface area (Å²) in [6.45, 7) is 0. The summed E-state index contributed by atoms with van der Waals surface area (Å²) in [5.74, 6) is -2.36. The van der Waals surface area contributed by atoms with E-state index in [0.717, 1.165) is 9.85 Å². The van der Waals surface area contributed by atoms with Crippen molar-refractivity contribution in [3.63, 3.8) is 0 Å². The molecule has 2 nitrogen and oxygen atoms in total. The third-order valence-corrected chi connectivity index (χ3v) is 4.57. The number of ketones is 1. The van der Waals surface area contributed by atoms with E-state index in [1.165, 1.54) is 11.3 Å². The minimum atomic E-state index is -0.930. The van der Waals surface area contributed by atoms with Crippen LogP contribution in [0.5, 0.6) is 0 Å². The smallest absolute Gasteiger partial charge is 0.198 e. The van der Waals surface area contributed by atoms with E-state index in [0.29, 0.717) is 15.4 Å². The Hall–Kier alpha value is -0.790. The van der Waals surface area contributed by atoms with Crippen LogP contribution in [-0.2, 0) is 0 Å². The molecule has 0 spiro atoms. The molecule has 94 valence electrons. The normalized spacial score (nSPS) is 10.7. The highest BCUT2D eigenvalue weighted by molar-refractivity contribution is 9.12. The lowest BCUT2D eigenvalue weighted by Crippen LogP contribution is -2.06. The summed E-state index contributed by atoms with van der Waals surface area (Å²) in [5.41, 5.74) is 5.13. The van der Waals surface area contributed by atoms with Crippen molar-refractivity contribution in [2.24, 2.45) is 0 Å². The van der Waals surface area contributed by atoms with E-state index in [9.17, 15) is 13.6 Å². The molecule has 0 unspecified atom stereocenters. The molecule has 0 amide bonds. The minimum absolute atomic E-state index is 0.250. The molecule has 1 aromatic carbocycles. The fourth-order valence-corrected chi connectivity index (χ4v) is 4.17. The molecule has 0 bridgehead atoms. The molecule has 1 aromatic heterocycles. The standard InChI is InChI=1S/C11H5Br2F2NOS/c12-9-2-5(11(13)18-9)10(17)4-1-8(16)7(15)3-6(4)14/h1-3H,16H2. The average Bonchev–Trinajstić information content (AvgIpc) is 2.62. The Morgan fingerprint density at radius 2 is 1.78 bits per heavy atom. The van der Waals surface area contributed by atoms with Gasteiger partial charge in [-0.25, -0.2) is 8.78 Å². The molecule has 0 aliphatic carbocycles. The van der Waals surface area contributed by atoms with Gasteiger partial charge in [-0.1, -0.05) is 0 Å². The van der Waals surface area contributed by atoms with Crippen LogP contribution in [0.15, 0.2) is 25.8 Å². The van der Waals surface area contributed by atoms with E-state index in [1.807, 2.05) is 0 Å². The molecule has 0 aliphatic heterocycles. The van der Waals surface area contributed by atoms with Crippen molar-refractivity contribution in [2.75, 3.05) is 5.73 Å². The second-order valence-corrected chi connectivity index (χ2v) is 7.17. The van der Waals surface area contributed by atoms with Crippen molar-refractivity contribution < 1.29 is 13.6 Å². The van der Waals surface area contributed by atoms with Gasteiger partial charge in [-0.2, -0.15) is 0 Å². The molecule has 2 N–H and O–H groups in total. The monoisotopic (exact) mass is 395 g/mol. The molecule has 0 aliphatic rings. The minimum Gasteiger partial charge on any atom is -0.396 e. The largest absolute Gasteiger partial charge is 0.396 e. The Labute approximate surface area is 122 Å². The maximum absolute atomic E-state index is 13.6. The Bertz CT molecular complexity index is 642. The van der Waals surface area contributed by atoms with E-state index in [1.54, 1.807) is 6.07 Å². The molecule has 0 fully saturated rings. The maximum Gasteiger partial charge on any atom is 0.198 e. The fraction of sp³-hybridized carbons (Fsp3) is 0. The maximum atomic E-state index is 13.6. The fourth-order valence-electron chi connectivity index (χ4n) is 1.38. The summed E-state index contributed by atoms with van der Waals surface area (Å²) in [6, 6.07) is 3.18. The number of carbonyl (C=O) groups excluding carboxylic acids is 1. The lowest BCUT2D eigenvalue weighted by Gasteiger charge is -2.04. The van der Waals surface area contributed by atoms with Gasteiger partial charge in [0.05, 0.1) is 18.8 Å². The van der Waals surface area contributed by atoms with Crippen molar-refractivity contribution in [2.45, 2.75) is 0 Å². The predicted octanol–water partition coefficient (Wildman–Crippen LogP) is 4.36. The zero-order valence-electron chi connectivity index (χ0n) is 8.64. The highest BCUT2D eigenvalue weighted by Crippen LogP contribution is 2.34. The molecule has 18 heavy (non-hydrogen) atoms. The zero-order valence-corrected chi connectivity index (χ0v) is 12.6. The highest BCUT2D eigenvalue weighted by Gasteiger charge is 2.20. The second kappa shape index (κ2) is 5.07. The first-order valence-electron chi connectivity index (χ1n) is 4.64. The van der Waals surface area contributed by atoms with Crippen LogP contribution in [0.2, 0.25) is 0 Å².